The maximum atomic E-state index is 10.4. The van der Waals surface area contributed by atoms with Gasteiger partial charge in [-0.2, -0.15) is 0 Å². The molecule has 0 aliphatic carbocycles. The van der Waals surface area contributed by atoms with E-state index in [2.05, 4.69) is 6.92 Å². The highest BCUT2D eigenvalue weighted by atomic mass is 16.3. The van der Waals surface area contributed by atoms with E-state index in [1.807, 2.05) is 97.1 Å². The van der Waals surface area contributed by atoms with E-state index in [0.717, 1.165) is 49.4 Å². The molecule has 5 N–H and O–H groups in total. The van der Waals surface area contributed by atoms with Crippen molar-refractivity contribution in [1.29, 1.82) is 0 Å². The predicted octanol–water partition coefficient (Wildman–Crippen LogP) is 9.15. The van der Waals surface area contributed by atoms with Crippen molar-refractivity contribution in [2.24, 2.45) is 0 Å². The molecule has 0 atom stereocenters. The number of hydrogen-bond donors (Lipinski definition) is 5. The van der Waals surface area contributed by atoms with Crippen LogP contribution in [-0.2, 0) is 11.8 Å². The van der Waals surface area contributed by atoms with Crippen molar-refractivity contribution in [3.63, 3.8) is 0 Å². The molecule has 0 aliphatic heterocycles. The standard InChI is InChI=1S/C21H16O2.C20H18O3/c22-20-11-9-14-5-1-3-7-16(14)18(20)13-19-17-8-4-2-6-15(17)10-12-21(19)23;1-20(14-2-8-17(21)9-3-14,15-4-10-18(22)11-5-15)16-6-12-19(23)13-7-16/h1-12,22-23H,13H2;2-13,21-23H,1H3. The van der Waals surface area contributed by atoms with Crippen LogP contribution in [0, 0.1) is 0 Å². The van der Waals surface area contributed by atoms with Crippen LogP contribution in [0.15, 0.2) is 146 Å². The smallest absolute Gasteiger partial charge is 0.119 e. The monoisotopic (exact) mass is 606 g/mol. The summed E-state index contributed by atoms with van der Waals surface area (Å²) < 4.78 is 0. The second-order valence-electron chi connectivity index (χ2n) is 11.5. The summed E-state index contributed by atoms with van der Waals surface area (Å²) in [5.74, 6) is 1.17. The van der Waals surface area contributed by atoms with Crippen LogP contribution in [0.2, 0.25) is 0 Å². The van der Waals surface area contributed by atoms with Gasteiger partial charge in [-0.1, -0.05) is 97.1 Å². The van der Waals surface area contributed by atoms with Gasteiger partial charge in [0.25, 0.3) is 0 Å². The number of phenols is 5. The Hall–Kier alpha value is -5.94. The summed E-state index contributed by atoms with van der Waals surface area (Å²) in [6.45, 7) is 2.08. The van der Waals surface area contributed by atoms with Crippen molar-refractivity contribution in [2.75, 3.05) is 0 Å². The second kappa shape index (κ2) is 12.6. The molecular weight excluding hydrogens is 572 g/mol. The van der Waals surface area contributed by atoms with E-state index >= 15 is 0 Å². The first-order valence-electron chi connectivity index (χ1n) is 15.0. The van der Waals surface area contributed by atoms with Crippen LogP contribution in [0.4, 0.5) is 0 Å². The molecule has 228 valence electrons. The molecule has 0 saturated heterocycles. The lowest BCUT2D eigenvalue weighted by Crippen LogP contribution is -2.25. The molecular formula is C41H34O5. The van der Waals surface area contributed by atoms with Gasteiger partial charge < -0.3 is 25.5 Å². The van der Waals surface area contributed by atoms with Gasteiger partial charge in [-0.25, -0.2) is 0 Å². The summed E-state index contributed by atoms with van der Waals surface area (Å²) in [6, 6.07) is 44.5. The third kappa shape index (κ3) is 5.91. The van der Waals surface area contributed by atoms with Gasteiger partial charge in [-0.15, -0.1) is 0 Å². The molecule has 5 nitrogen and oxygen atoms in total. The van der Waals surface area contributed by atoms with Crippen molar-refractivity contribution in [1.82, 2.24) is 0 Å². The average Bonchev–Trinajstić information content (AvgIpc) is 3.08. The van der Waals surface area contributed by atoms with Gasteiger partial charge >= 0.3 is 0 Å². The average molecular weight is 607 g/mol. The van der Waals surface area contributed by atoms with Gasteiger partial charge in [-0.3, -0.25) is 0 Å². The third-order valence-electron chi connectivity index (χ3n) is 8.72. The molecule has 0 amide bonds. The fraction of sp³-hybridized carbons (Fsp3) is 0.0732. The second-order valence-corrected chi connectivity index (χ2v) is 11.5. The fourth-order valence-electron chi connectivity index (χ4n) is 6.08. The molecule has 0 spiro atoms. The van der Waals surface area contributed by atoms with E-state index in [0.29, 0.717) is 6.42 Å². The zero-order valence-electron chi connectivity index (χ0n) is 25.3. The van der Waals surface area contributed by atoms with Crippen LogP contribution in [-0.4, -0.2) is 25.5 Å². The molecule has 0 heterocycles. The lowest BCUT2D eigenvalue weighted by atomic mass is 9.71. The molecule has 0 radical (unpaired) electrons. The number of benzene rings is 7. The number of fused-ring (bicyclic) bond motifs is 2. The van der Waals surface area contributed by atoms with Gasteiger partial charge in [0.2, 0.25) is 0 Å². The van der Waals surface area contributed by atoms with E-state index in [-0.39, 0.29) is 28.7 Å². The van der Waals surface area contributed by atoms with Crippen LogP contribution in [0.1, 0.15) is 34.7 Å². The maximum absolute atomic E-state index is 10.4. The zero-order chi connectivity index (χ0) is 32.3. The topological polar surface area (TPSA) is 101 Å². The van der Waals surface area contributed by atoms with E-state index in [4.69, 9.17) is 0 Å². The Balaban J connectivity index is 0.000000162. The number of aromatic hydroxyl groups is 5. The molecule has 46 heavy (non-hydrogen) atoms. The summed E-state index contributed by atoms with van der Waals surface area (Å²) in [5, 5.41) is 53.6. The van der Waals surface area contributed by atoms with Crippen molar-refractivity contribution in [2.45, 2.75) is 18.8 Å². The fourth-order valence-corrected chi connectivity index (χ4v) is 6.08. The molecule has 0 aliphatic rings. The Bertz CT molecular complexity index is 1920. The number of phenolic OH excluding ortho intramolecular Hbond substituents is 5. The Labute approximate surface area is 267 Å². The summed E-state index contributed by atoms with van der Waals surface area (Å²) >= 11 is 0. The minimum Gasteiger partial charge on any atom is -0.508 e. The minimum atomic E-state index is -0.477. The Morgan fingerprint density at radius 3 is 1.07 bits per heavy atom. The third-order valence-corrected chi connectivity index (χ3v) is 8.72. The van der Waals surface area contributed by atoms with Gasteiger partial charge in [0, 0.05) is 23.0 Å². The number of rotatable bonds is 5. The van der Waals surface area contributed by atoms with E-state index < -0.39 is 5.41 Å². The Kier molecular flexibility index (Phi) is 8.23. The summed E-state index contributed by atoms with van der Waals surface area (Å²) in [5.41, 5.74) is 4.23. The lowest BCUT2D eigenvalue weighted by Gasteiger charge is -2.32. The predicted molar refractivity (Wildman–Crippen MR) is 184 cm³/mol. The summed E-state index contributed by atoms with van der Waals surface area (Å²) in [6.07, 6.45) is 0.486. The highest BCUT2D eigenvalue weighted by Crippen LogP contribution is 2.40. The van der Waals surface area contributed by atoms with E-state index in [1.54, 1.807) is 48.5 Å². The van der Waals surface area contributed by atoms with Crippen molar-refractivity contribution >= 4 is 21.5 Å². The Morgan fingerprint density at radius 2 is 0.717 bits per heavy atom. The van der Waals surface area contributed by atoms with Gasteiger partial charge in [-0.05, 0) is 93.7 Å². The van der Waals surface area contributed by atoms with Crippen molar-refractivity contribution < 1.29 is 25.5 Å². The summed E-state index contributed by atoms with van der Waals surface area (Å²) in [4.78, 5) is 0. The van der Waals surface area contributed by atoms with Gasteiger partial charge in [0.15, 0.2) is 0 Å². The van der Waals surface area contributed by atoms with Gasteiger partial charge in [0.05, 0.1) is 0 Å². The lowest BCUT2D eigenvalue weighted by molar-refractivity contribution is 0.464. The molecule has 0 saturated carbocycles. The Morgan fingerprint density at radius 1 is 0.391 bits per heavy atom. The molecule has 7 rings (SSSR count). The number of hydrogen-bond acceptors (Lipinski definition) is 5. The molecule has 7 aromatic rings. The van der Waals surface area contributed by atoms with Crippen molar-refractivity contribution in [3.8, 4) is 28.7 Å². The SMILES string of the molecule is CC(c1ccc(O)cc1)(c1ccc(O)cc1)c1ccc(O)cc1.Oc1ccc2ccccc2c1Cc1c(O)ccc2ccccc12. The largest absolute Gasteiger partial charge is 0.508 e. The maximum Gasteiger partial charge on any atom is 0.119 e. The van der Waals surface area contributed by atoms with E-state index in [9.17, 15) is 25.5 Å². The molecule has 0 bridgehead atoms. The van der Waals surface area contributed by atoms with Crippen LogP contribution in [0.25, 0.3) is 21.5 Å². The van der Waals surface area contributed by atoms with Crippen molar-refractivity contribution in [3.05, 3.63) is 173 Å². The zero-order valence-corrected chi connectivity index (χ0v) is 25.3. The van der Waals surface area contributed by atoms with Crippen LogP contribution >= 0.6 is 0 Å². The first-order chi connectivity index (χ1) is 22.2. The summed E-state index contributed by atoms with van der Waals surface area (Å²) in [7, 11) is 0. The first-order valence-corrected chi connectivity index (χ1v) is 15.0. The van der Waals surface area contributed by atoms with E-state index in [1.165, 1.54) is 0 Å². The highest BCUT2D eigenvalue weighted by Gasteiger charge is 2.31. The highest BCUT2D eigenvalue weighted by molar-refractivity contribution is 5.91. The minimum absolute atomic E-state index is 0.215. The van der Waals surface area contributed by atoms with Crippen LogP contribution in [0.5, 0.6) is 28.7 Å². The first kappa shape index (κ1) is 30.1. The quantitative estimate of drug-likeness (QED) is 0.126. The molecule has 0 fully saturated rings. The van der Waals surface area contributed by atoms with Crippen LogP contribution < -0.4 is 0 Å². The molecule has 0 unspecified atom stereocenters. The molecule has 0 aromatic heterocycles. The molecule has 7 aromatic carbocycles. The molecule has 5 heteroatoms. The van der Waals surface area contributed by atoms with Gasteiger partial charge in [0.1, 0.15) is 28.7 Å². The van der Waals surface area contributed by atoms with Crippen LogP contribution in [0.3, 0.4) is 0 Å². The normalized spacial score (nSPS) is 11.2.